The van der Waals surface area contributed by atoms with Crippen molar-refractivity contribution in [2.24, 2.45) is 0 Å². The van der Waals surface area contributed by atoms with Crippen molar-refractivity contribution in [2.45, 2.75) is 84.5 Å². The van der Waals surface area contributed by atoms with E-state index in [2.05, 4.69) is 227 Å². The quantitative estimate of drug-likeness (QED) is 0.158. The van der Waals surface area contributed by atoms with Crippen LogP contribution < -0.4 is 15.7 Å². The average Bonchev–Trinajstić information content (AvgIpc) is 3.94. The first-order valence-corrected chi connectivity index (χ1v) is 25.2. The van der Waals surface area contributed by atoms with E-state index < -0.39 is 0 Å². The predicted octanol–water partition coefficient (Wildman–Crippen LogP) is 15.5. The van der Waals surface area contributed by atoms with Crippen LogP contribution in [-0.2, 0) is 16.2 Å². The van der Waals surface area contributed by atoms with Crippen LogP contribution in [0.3, 0.4) is 0 Å². The maximum Gasteiger partial charge on any atom is 0.333 e. The Kier molecular flexibility index (Phi) is 7.51. The van der Waals surface area contributed by atoms with E-state index in [0.717, 1.165) is 0 Å². The van der Waals surface area contributed by atoms with Crippen molar-refractivity contribution in [1.29, 1.82) is 0 Å². The van der Waals surface area contributed by atoms with Crippen LogP contribution in [-0.4, -0.2) is 16.0 Å². The highest BCUT2D eigenvalue weighted by molar-refractivity contribution is 6.93. The second kappa shape index (κ2) is 13.1. The summed E-state index contributed by atoms with van der Waals surface area (Å²) in [7, 11) is 0. The van der Waals surface area contributed by atoms with E-state index in [1.807, 2.05) is 0 Å². The van der Waals surface area contributed by atoms with Gasteiger partial charge >= 0.3 is 6.85 Å². The summed E-state index contributed by atoms with van der Waals surface area (Å²) in [4.78, 5) is 2.73. The molecule has 0 bridgehead atoms. The third-order valence-electron chi connectivity index (χ3n) is 17.6. The highest BCUT2D eigenvalue weighted by Gasteiger charge is 2.48. The van der Waals surface area contributed by atoms with Gasteiger partial charge in [0.25, 0.3) is 0 Å². The lowest BCUT2D eigenvalue weighted by atomic mass is 9.43. The summed E-state index contributed by atoms with van der Waals surface area (Å²) < 4.78 is 5.24. The van der Waals surface area contributed by atoms with Crippen LogP contribution in [0.15, 0.2) is 158 Å². The second-order valence-electron chi connectivity index (χ2n) is 22.9. The fourth-order valence-electron chi connectivity index (χ4n) is 13.9. The molecule has 0 saturated heterocycles. The molecule has 2 aliphatic carbocycles. The third kappa shape index (κ3) is 5.04. The van der Waals surface area contributed by atoms with E-state index in [9.17, 15) is 0 Å². The molecule has 4 aliphatic rings. The van der Waals surface area contributed by atoms with Gasteiger partial charge in [0.05, 0.1) is 27.8 Å². The van der Waals surface area contributed by atoms with Gasteiger partial charge in [-0.15, -0.1) is 0 Å². The van der Waals surface area contributed by atoms with Crippen LogP contribution >= 0.6 is 0 Å². The summed E-state index contributed by atoms with van der Waals surface area (Å²) in [5, 5.41) is 7.64. The number of anilines is 2. The molecule has 0 unspecified atom stereocenters. The molecule has 0 amide bonds. The zero-order valence-corrected chi connectivity index (χ0v) is 40.8. The highest BCUT2D eigenvalue weighted by Crippen LogP contribution is 2.58. The second-order valence-corrected chi connectivity index (χ2v) is 22.9. The minimum absolute atomic E-state index is 0.0788. The summed E-state index contributed by atoms with van der Waals surface area (Å²) in [5.74, 6) is 0. The molecular formula is C65H54BN3. The summed E-state index contributed by atoms with van der Waals surface area (Å²) in [6.45, 7) is 19.2. The lowest BCUT2D eigenvalue weighted by molar-refractivity contribution is 0.331. The normalized spacial score (nSPS) is 16.6. The number of hydrogen-bond acceptors (Lipinski definition) is 1. The van der Waals surface area contributed by atoms with Gasteiger partial charge in [0.1, 0.15) is 0 Å². The molecule has 0 atom stereocenters. The highest BCUT2D eigenvalue weighted by atomic mass is 15.1. The minimum Gasteiger partial charge on any atom is -0.376 e. The molecule has 4 heterocycles. The van der Waals surface area contributed by atoms with Crippen LogP contribution in [0.2, 0.25) is 0 Å². The summed E-state index contributed by atoms with van der Waals surface area (Å²) in [6.07, 6.45) is 2.40. The van der Waals surface area contributed by atoms with Gasteiger partial charge in [-0.1, -0.05) is 144 Å². The van der Waals surface area contributed by atoms with Gasteiger partial charge in [-0.2, -0.15) is 0 Å². The molecule has 11 aromatic rings. The first-order valence-electron chi connectivity index (χ1n) is 25.2. The Labute approximate surface area is 404 Å². The molecule has 0 N–H and O–H groups in total. The number of nitrogens with zero attached hydrogens (tertiary/aromatic N) is 3. The lowest BCUT2D eigenvalue weighted by Crippen LogP contribution is -2.60. The fraction of sp³-hybridized carbons (Fsp3) is 0.200. The van der Waals surface area contributed by atoms with Crippen molar-refractivity contribution in [1.82, 2.24) is 9.13 Å². The molecule has 0 radical (unpaired) electrons. The largest absolute Gasteiger partial charge is 0.376 e. The molecule has 332 valence electrons. The lowest BCUT2D eigenvalue weighted by Gasteiger charge is -2.43. The Morgan fingerprint density at radius 2 is 1.04 bits per heavy atom. The van der Waals surface area contributed by atoms with Crippen LogP contribution in [0.5, 0.6) is 0 Å². The molecule has 15 rings (SSSR count). The summed E-state index contributed by atoms with van der Waals surface area (Å²) in [5.41, 5.74) is 26.6. The minimum atomic E-state index is -0.195. The van der Waals surface area contributed by atoms with E-state index in [1.165, 1.54) is 157 Å². The topological polar surface area (TPSA) is 13.1 Å². The van der Waals surface area contributed by atoms with Gasteiger partial charge in [0.15, 0.2) is 0 Å². The van der Waals surface area contributed by atoms with Crippen LogP contribution in [0.25, 0.3) is 88.0 Å². The zero-order valence-electron chi connectivity index (χ0n) is 40.8. The smallest absolute Gasteiger partial charge is 0.333 e. The summed E-state index contributed by atoms with van der Waals surface area (Å²) in [6, 6.07) is 61.6. The third-order valence-corrected chi connectivity index (χ3v) is 17.6. The molecule has 0 saturated carbocycles. The maximum absolute atomic E-state index is 2.73. The van der Waals surface area contributed by atoms with E-state index in [0.29, 0.717) is 0 Å². The van der Waals surface area contributed by atoms with Gasteiger partial charge in [-0.3, -0.25) is 0 Å². The standard InChI is InChI=1S/C65H54BN3/c1-37-21-24-41(25-22-37)69-58-36-50-44(45-33-51-52(35-49(45)65(50,7)8)64(5,6)28-27-63(51,3)4)32-46(58)47-34-59(67-54-19-13-11-17-42(54)43-18-12-14-20-55(43)67)60-48-30-39-15-9-10-16-40(39)31-57(48)68-56-26-23-38(2)29-53(56)66(69)61(47)62(60)68/h9-26,29-36H,27-28H2,1-8H3. The molecule has 4 heteroatoms. The Morgan fingerprint density at radius 3 is 1.75 bits per heavy atom. The fourth-order valence-corrected chi connectivity index (χ4v) is 13.9. The van der Waals surface area contributed by atoms with E-state index in [4.69, 9.17) is 0 Å². The first-order chi connectivity index (χ1) is 33.3. The Bertz CT molecular complexity index is 4080. The van der Waals surface area contributed by atoms with Gasteiger partial charge in [-0.05, 0) is 165 Å². The Hall–Kier alpha value is -7.30. The number of rotatable bonds is 2. The first kappa shape index (κ1) is 39.7. The molecule has 2 aliphatic heterocycles. The van der Waals surface area contributed by atoms with Crippen molar-refractivity contribution in [3.63, 3.8) is 0 Å². The predicted molar refractivity (Wildman–Crippen MR) is 294 cm³/mol. The SMILES string of the molecule is Cc1ccc(N2B3c4cc(C)ccc4-n4c5cc6ccccc6cc5c5c(-n6c7ccccc7c7ccccc76)cc(c3c54)-c3cc4c(cc32)C(C)(C)c2cc3c(cc2-4)C(C)(C)CCC3(C)C)cc1. The monoisotopic (exact) mass is 887 g/mol. The maximum atomic E-state index is 2.73. The van der Waals surface area contributed by atoms with Gasteiger partial charge in [-0.25, -0.2) is 0 Å². The molecule has 2 aromatic heterocycles. The zero-order chi connectivity index (χ0) is 46.6. The number of para-hydroxylation sites is 2. The Balaban J connectivity index is 1.15. The molecule has 3 nitrogen and oxygen atoms in total. The molecule has 0 fully saturated rings. The van der Waals surface area contributed by atoms with Gasteiger partial charge in [0, 0.05) is 49.6 Å². The van der Waals surface area contributed by atoms with Crippen LogP contribution in [0, 0.1) is 13.8 Å². The molecule has 9 aromatic carbocycles. The number of aromatic nitrogens is 2. The Morgan fingerprint density at radius 1 is 0.435 bits per heavy atom. The molecular weight excluding hydrogens is 834 g/mol. The van der Waals surface area contributed by atoms with Crippen molar-refractivity contribution < 1.29 is 0 Å². The number of hydrogen-bond donors (Lipinski definition) is 0. The van der Waals surface area contributed by atoms with Crippen molar-refractivity contribution in [3.05, 3.63) is 191 Å². The van der Waals surface area contributed by atoms with Crippen molar-refractivity contribution >= 4 is 83.5 Å². The van der Waals surface area contributed by atoms with E-state index in [-0.39, 0.29) is 23.1 Å². The molecule has 0 spiro atoms. The number of fused-ring (bicyclic) bond motifs is 16. The van der Waals surface area contributed by atoms with E-state index in [1.54, 1.807) is 0 Å². The van der Waals surface area contributed by atoms with Crippen LogP contribution in [0.1, 0.15) is 87.8 Å². The summed E-state index contributed by atoms with van der Waals surface area (Å²) >= 11 is 0. The average molecular weight is 888 g/mol. The van der Waals surface area contributed by atoms with Gasteiger partial charge in [0.2, 0.25) is 0 Å². The number of benzene rings is 9. The number of aryl methyl sites for hydroxylation is 2. The van der Waals surface area contributed by atoms with E-state index >= 15 is 0 Å². The molecule has 69 heavy (non-hydrogen) atoms. The van der Waals surface area contributed by atoms with Gasteiger partial charge < -0.3 is 13.9 Å². The van der Waals surface area contributed by atoms with Crippen molar-refractivity contribution in [2.75, 3.05) is 4.81 Å². The van der Waals surface area contributed by atoms with Crippen molar-refractivity contribution in [3.8, 4) is 33.6 Å². The van der Waals surface area contributed by atoms with Crippen LogP contribution in [0.4, 0.5) is 11.4 Å².